The molecule has 198 valence electrons. The van der Waals surface area contributed by atoms with E-state index in [1.807, 2.05) is 63.2 Å². The molecule has 0 aliphatic heterocycles. The molecule has 39 heavy (non-hydrogen) atoms. The Balaban J connectivity index is 1.22. The number of amides is 1. The topological polar surface area (TPSA) is 88.5 Å². The number of aliphatic carboxylic acids is 1. The Morgan fingerprint density at radius 1 is 1.00 bits per heavy atom. The molecule has 3 aromatic heterocycles. The summed E-state index contributed by atoms with van der Waals surface area (Å²) in [6.07, 6.45) is 0.532. The number of thiophene rings is 2. The lowest BCUT2D eigenvalue weighted by atomic mass is 9.90. The molecule has 0 bridgehead atoms. The number of hydrogen-bond donors (Lipinski definition) is 2. The van der Waals surface area contributed by atoms with Gasteiger partial charge in [0.15, 0.2) is 0 Å². The molecule has 2 aromatic carbocycles. The summed E-state index contributed by atoms with van der Waals surface area (Å²) >= 11 is 4.74. The van der Waals surface area contributed by atoms with Crippen molar-refractivity contribution in [1.29, 1.82) is 0 Å². The minimum absolute atomic E-state index is 0.372. The van der Waals surface area contributed by atoms with Crippen molar-refractivity contribution in [2.45, 2.75) is 45.1 Å². The van der Waals surface area contributed by atoms with Crippen LogP contribution in [0.5, 0.6) is 0 Å². The number of aromatic nitrogens is 1. The van der Waals surface area contributed by atoms with E-state index in [2.05, 4.69) is 27.9 Å². The zero-order valence-electron chi connectivity index (χ0n) is 21.6. The van der Waals surface area contributed by atoms with Gasteiger partial charge in [-0.2, -0.15) is 4.37 Å². The monoisotopic (exact) mass is 574 g/mol. The molecule has 1 aliphatic carbocycles. The second-order valence-electron chi connectivity index (χ2n) is 9.92. The highest BCUT2D eigenvalue weighted by atomic mass is 32.1. The maximum Gasteiger partial charge on any atom is 0.412 e. The van der Waals surface area contributed by atoms with Gasteiger partial charge in [0, 0.05) is 14.3 Å². The molecule has 0 saturated heterocycles. The summed E-state index contributed by atoms with van der Waals surface area (Å²) in [7, 11) is 0. The van der Waals surface area contributed by atoms with Gasteiger partial charge < -0.3 is 9.84 Å². The SMILES string of the molecule is Cc1cc(-c2cc3sc(-c4snc(C)c4NC(=O)OC(C)c4ccccc4)cc3s2)ccc1C1(C(=O)O)CC1. The number of hydrogen-bond acceptors (Lipinski definition) is 7. The second kappa shape index (κ2) is 9.89. The number of carbonyl (C=O) groups is 2. The number of nitrogens with zero attached hydrogens (tertiary/aromatic N) is 1. The summed E-state index contributed by atoms with van der Waals surface area (Å²) in [5.41, 5.74) is 4.71. The Bertz CT molecular complexity index is 1680. The zero-order valence-corrected chi connectivity index (χ0v) is 24.1. The first-order valence-corrected chi connectivity index (χ1v) is 15.0. The van der Waals surface area contributed by atoms with E-state index in [0.717, 1.165) is 52.0 Å². The third-order valence-electron chi connectivity index (χ3n) is 7.26. The number of ether oxygens (including phenoxy) is 1. The summed E-state index contributed by atoms with van der Waals surface area (Å²) in [5.74, 6) is -0.728. The first-order chi connectivity index (χ1) is 18.7. The Hall–Kier alpha value is -3.53. The maximum absolute atomic E-state index is 12.7. The summed E-state index contributed by atoms with van der Waals surface area (Å²) in [6, 6.07) is 20.1. The van der Waals surface area contributed by atoms with Gasteiger partial charge in [0.2, 0.25) is 0 Å². The highest BCUT2D eigenvalue weighted by Crippen LogP contribution is 2.51. The molecule has 0 radical (unpaired) electrons. The van der Waals surface area contributed by atoms with Gasteiger partial charge in [-0.3, -0.25) is 10.1 Å². The smallest absolute Gasteiger partial charge is 0.412 e. The van der Waals surface area contributed by atoms with Crippen LogP contribution in [-0.4, -0.2) is 21.5 Å². The van der Waals surface area contributed by atoms with Gasteiger partial charge >= 0.3 is 12.1 Å². The van der Waals surface area contributed by atoms with Crippen molar-refractivity contribution in [2.24, 2.45) is 0 Å². The first kappa shape index (κ1) is 25.7. The number of carbonyl (C=O) groups excluding carboxylic acids is 1. The highest BCUT2D eigenvalue weighted by Gasteiger charge is 2.52. The molecule has 1 unspecified atom stereocenters. The van der Waals surface area contributed by atoms with Crippen LogP contribution < -0.4 is 5.32 Å². The van der Waals surface area contributed by atoms with Crippen LogP contribution in [0.4, 0.5) is 10.5 Å². The molecule has 6 nitrogen and oxygen atoms in total. The van der Waals surface area contributed by atoms with Crippen LogP contribution >= 0.6 is 34.2 Å². The quantitative estimate of drug-likeness (QED) is 0.203. The zero-order chi connectivity index (χ0) is 27.3. The van der Waals surface area contributed by atoms with Gasteiger partial charge in [-0.15, -0.1) is 22.7 Å². The van der Waals surface area contributed by atoms with Crippen LogP contribution in [0, 0.1) is 13.8 Å². The predicted octanol–water partition coefficient (Wildman–Crippen LogP) is 8.80. The normalized spacial score (nSPS) is 14.7. The van der Waals surface area contributed by atoms with E-state index in [9.17, 15) is 14.7 Å². The van der Waals surface area contributed by atoms with Crippen molar-refractivity contribution < 1.29 is 19.4 Å². The molecule has 1 aliphatic rings. The molecule has 9 heteroatoms. The number of fused-ring (bicyclic) bond motifs is 1. The molecule has 1 amide bonds. The molecule has 1 saturated carbocycles. The third kappa shape index (κ3) is 4.75. The standard InChI is InChI=1S/C30H26N2O4S3/c1-16-13-20(9-10-21(16)30(11-12-30)28(33)34)22-14-23-24(37-22)15-25(38-23)27-26(17(2)32-39-27)31-29(35)36-18(3)19-7-5-4-6-8-19/h4-10,13-15,18H,11-12H2,1-3H3,(H,31,35)(H,33,34). The second-order valence-corrected chi connectivity index (χ2v) is 12.9. The van der Waals surface area contributed by atoms with Gasteiger partial charge in [0.1, 0.15) is 6.10 Å². The van der Waals surface area contributed by atoms with Gasteiger partial charge in [-0.05, 0) is 79.5 Å². The van der Waals surface area contributed by atoms with Crippen LogP contribution in [0.3, 0.4) is 0 Å². The minimum atomic E-state index is -0.728. The van der Waals surface area contributed by atoms with Crippen molar-refractivity contribution in [2.75, 3.05) is 5.32 Å². The summed E-state index contributed by atoms with van der Waals surface area (Å²) in [4.78, 5) is 27.6. The number of benzene rings is 2. The van der Waals surface area contributed by atoms with Crippen molar-refractivity contribution >= 4 is 61.4 Å². The van der Waals surface area contributed by atoms with E-state index >= 15 is 0 Å². The number of anilines is 1. The molecule has 0 spiro atoms. The largest absolute Gasteiger partial charge is 0.481 e. The maximum atomic E-state index is 12.7. The van der Waals surface area contributed by atoms with Gasteiger partial charge in [-0.1, -0.05) is 48.5 Å². The van der Waals surface area contributed by atoms with Crippen LogP contribution in [0.15, 0.2) is 60.7 Å². The molecule has 6 rings (SSSR count). The number of carboxylic acids is 1. The number of nitrogens with one attached hydrogen (secondary N) is 1. The van der Waals surface area contributed by atoms with Crippen LogP contribution in [-0.2, 0) is 14.9 Å². The lowest BCUT2D eigenvalue weighted by Crippen LogP contribution is -2.20. The number of aryl methyl sites for hydroxylation is 2. The average Bonchev–Trinajstić information content (AvgIpc) is 3.31. The van der Waals surface area contributed by atoms with Crippen molar-refractivity contribution in [3.05, 3.63) is 83.0 Å². The predicted molar refractivity (Wildman–Crippen MR) is 159 cm³/mol. The van der Waals surface area contributed by atoms with E-state index in [0.29, 0.717) is 18.5 Å². The molecular weight excluding hydrogens is 549 g/mol. The van der Waals surface area contributed by atoms with E-state index in [4.69, 9.17) is 4.74 Å². The van der Waals surface area contributed by atoms with Crippen molar-refractivity contribution in [1.82, 2.24) is 4.37 Å². The summed E-state index contributed by atoms with van der Waals surface area (Å²) < 4.78 is 12.4. The van der Waals surface area contributed by atoms with E-state index in [1.165, 1.54) is 11.5 Å². The Labute approximate surface area is 238 Å². The van der Waals surface area contributed by atoms with Gasteiger partial charge in [-0.25, -0.2) is 4.79 Å². The molecule has 5 aromatic rings. The van der Waals surface area contributed by atoms with Crippen LogP contribution in [0.2, 0.25) is 0 Å². The Kier molecular flexibility index (Phi) is 6.53. The number of carboxylic acid groups (broad SMARTS) is 1. The molecule has 2 N–H and O–H groups in total. The summed E-state index contributed by atoms with van der Waals surface area (Å²) in [6.45, 7) is 5.74. The lowest BCUT2D eigenvalue weighted by molar-refractivity contribution is -0.140. The fraction of sp³-hybridized carbons (Fsp3) is 0.233. The molecule has 3 heterocycles. The van der Waals surface area contributed by atoms with Crippen LogP contribution in [0.25, 0.3) is 29.6 Å². The Morgan fingerprint density at radius 2 is 1.69 bits per heavy atom. The number of rotatable bonds is 7. The van der Waals surface area contributed by atoms with Gasteiger partial charge in [0.25, 0.3) is 0 Å². The van der Waals surface area contributed by atoms with Crippen molar-refractivity contribution in [3.8, 4) is 20.2 Å². The van der Waals surface area contributed by atoms with Crippen molar-refractivity contribution in [3.63, 3.8) is 0 Å². The fourth-order valence-electron chi connectivity index (χ4n) is 4.94. The average molecular weight is 575 g/mol. The Morgan fingerprint density at radius 3 is 2.36 bits per heavy atom. The van der Waals surface area contributed by atoms with E-state index < -0.39 is 17.5 Å². The fourth-order valence-corrected chi connectivity index (χ4v) is 8.27. The third-order valence-corrected chi connectivity index (χ3v) is 10.7. The van der Waals surface area contributed by atoms with E-state index in [-0.39, 0.29) is 6.10 Å². The molecule has 1 fully saturated rings. The highest BCUT2D eigenvalue weighted by molar-refractivity contribution is 7.32. The molecular formula is C30H26N2O4S3. The van der Waals surface area contributed by atoms with Crippen LogP contribution in [0.1, 0.15) is 48.3 Å². The summed E-state index contributed by atoms with van der Waals surface area (Å²) in [5, 5.41) is 12.6. The lowest BCUT2D eigenvalue weighted by Gasteiger charge is -2.14. The van der Waals surface area contributed by atoms with Gasteiger partial charge in [0.05, 0.1) is 26.6 Å². The first-order valence-electron chi connectivity index (χ1n) is 12.6. The molecule has 1 atom stereocenters. The van der Waals surface area contributed by atoms with E-state index in [1.54, 1.807) is 22.7 Å². The minimum Gasteiger partial charge on any atom is -0.481 e.